The zero-order valence-electron chi connectivity index (χ0n) is 10.1. The smallest absolute Gasteiger partial charge is 0.252 e. The molecule has 1 aromatic carbocycles. The number of carbonyl (C=O) groups excluding carboxylic acids is 1. The quantitative estimate of drug-likeness (QED) is 0.842. The Morgan fingerprint density at radius 1 is 1.53 bits per heavy atom. The monoisotopic (exact) mass is 234 g/mol. The molecule has 0 saturated heterocycles. The van der Waals surface area contributed by atoms with Crippen LogP contribution in [0.5, 0.6) is 0 Å². The van der Waals surface area contributed by atoms with Gasteiger partial charge in [-0.25, -0.2) is 0 Å². The van der Waals surface area contributed by atoms with Crippen molar-refractivity contribution in [1.29, 1.82) is 0 Å². The van der Waals surface area contributed by atoms with E-state index in [0.29, 0.717) is 6.54 Å². The lowest BCUT2D eigenvalue weighted by Gasteiger charge is -2.23. The Labute approximate surface area is 101 Å². The molecule has 1 heterocycles. The van der Waals surface area contributed by atoms with E-state index in [4.69, 9.17) is 10.5 Å². The Balaban J connectivity index is 2.35. The second-order valence-corrected chi connectivity index (χ2v) is 4.29. The minimum atomic E-state index is -0.00551. The molecular formula is C13H18N2O2. The number of methoxy groups -OCH3 is 1. The van der Waals surface area contributed by atoms with Gasteiger partial charge in [0.15, 0.2) is 0 Å². The third kappa shape index (κ3) is 2.48. The van der Waals surface area contributed by atoms with Gasteiger partial charge in [-0.05, 0) is 24.5 Å². The molecule has 1 unspecified atom stereocenters. The molecule has 1 aliphatic heterocycles. The summed E-state index contributed by atoms with van der Waals surface area (Å²) in [5.74, 6) is -0.00551. The zero-order valence-corrected chi connectivity index (χ0v) is 10.1. The maximum Gasteiger partial charge on any atom is 0.252 e. The van der Waals surface area contributed by atoms with Crippen LogP contribution in [0.15, 0.2) is 24.3 Å². The van der Waals surface area contributed by atoms with Gasteiger partial charge in [0.25, 0.3) is 5.91 Å². The van der Waals surface area contributed by atoms with Crippen molar-refractivity contribution < 1.29 is 9.53 Å². The Morgan fingerprint density at radius 2 is 2.29 bits per heavy atom. The fraction of sp³-hybridized carbons (Fsp3) is 0.462. The number of anilines is 1. The lowest BCUT2D eigenvalue weighted by Crippen LogP contribution is -2.34. The highest BCUT2D eigenvalue weighted by Gasteiger charge is 2.23. The lowest BCUT2D eigenvalue weighted by molar-refractivity contribution is -0.122. The van der Waals surface area contributed by atoms with E-state index < -0.39 is 0 Å². The molecule has 17 heavy (non-hydrogen) atoms. The van der Waals surface area contributed by atoms with Crippen LogP contribution in [-0.4, -0.2) is 26.2 Å². The van der Waals surface area contributed by atoms with Crippen LogP contribution in [0.4, 0.5) is 5.69 Å². The minimum Gasteiger partial charge on any atom is -0.375 e. The van der Waals surface area contributed by atoms with Crippen LogP contribution in [0.25, 0.3) is 0 Å². The normalized spacial score (nSPS) is 19.6. The second kappa shape index (κ2) is 5.29. The molecule has 4 nitrogen and oxygen atoms in total. The van der Waals surface area contributed by atoms with Crippen LogP contribution in [0.1, 0.15) is 24.4 Å². The van der Waals surface area contributed by atoms with Crippen molar-refractivity contribution in [3.05, 3.63) is 29.8 Å². The van der Waals surface area contributed by atoms with Crippen LogP contribution in [0.3, 0.4) is 0 Å². The fourth-order valence-electron chi connectivity index (χ4n) is 2.25. The van der Waals surface area contributed by atoms with Gasteiger partial charge in [0.05, 0.1) is 0 Å². The highest BCUT2D eigenvalue weighted by Crippen LogP contribution is 2.31. The Kier molecular flexibility index (Phi) is 3.76. The van der Waals surface area contributed by atoms with Crippen LogP contribution in [0, 0.1) is 0 Å². The summed E-state index contributed by atoms with van der Waals surface area (Å²) in [6.45, 7) is 0.830. The van der Waals surface area contributed by atoms with E-state index in [9.17, 15) is 4.79 Å². The molecule has 2 N–H and O–H groups in total. The number of amides is 1. The summed E-state index contributed by atoms with van der Waals surface area (Å²) in [5, 5.41) is 0. The van der Waals surface area contributed by atoms with Crippen molar-refractivity contribution in [2.45, 2.75) is 18.9 Å². The highest BCUT2D eigenvalue weighted by molar-refractivity contribution is 5.95. The highest BCUT2D eigenvalue weighted by atomic mass is 16.5. The Morgan fingerprint density at radius 3 is 3.06 bits per heavy atom. The molecule has 1 amide bonds. The van der Waals surface area contributed by atoms with E-state index in [0.717, 1.165) is 24.1 Å². The molecular weight excluding hydrogens is 216 g/mol. The third-order valence-electron chi connectivity index (χ3n) is 3.09. The minimum absolute atomic E-state index is 0.00551. The summed E-state index contributed by atoms with van der Waals surface area (Å²) >= 11 is 0. The molecule has 2 rings (SSSR count). The van der Waals surface area contributed by atoms with E-state index in [2.05, 4.69) is 0 Å². The van der Waals surface area contributed by atoms with E-state index >= 15 is 0 Å². The summed E-state index contributed by atoms with van der Waals surface area (Å²) in [5.41, 5.74) is 8.09. The predicted octanol–water partition coefficient (Wildman–Crippen LogP) is 1.46. The van der Waals surface area contributed by atoms with Crippen LogP contribution < -0.4 is 10.6 Å². The van der Waals surface area contributed by atoms with Gasteiger partial charge >= 0.3 is 0 Å². The number of rotatable bonds is 2. The first-order valence-electron chi connectivity index (χ1n) is 5.88. The molecule has 1 atom stereocenters. The van der Waals surface area contributed by atoms with Crippen molar-refractivity contribution in [3.8, 4) is 0 Å². The van der Waals surface area contributed by atoms with Gasteiger partial charge in [-0.2, -0.15) is 0 Å². The maximum atomic E-state index is 12.0. The number of hydrogen-bond donors (Lipinski definition) is 1. The molecule has 0 radical (unpaired) electrons. The predicted molar refractivity (Wildman–Crippen MR) is 66.8 cm³/mol. The summed E-state index contributed by atoms with van der Waals surface area (Å²) in [6.07, 6.45) is 1.83. The standard InChI is InChI=1S/C13H18N2O2/c1-17-9-13(16)15-8-4-6-11(14)10-5-2-3-7-12(10)15/h2-3,5,7,11H,4,6,8-9,14H2,1H3. The van der Waals surface area contributed by atoms with Gasteiger partial charge < -0.3 is 15.4 Å². The summed E-state index contributed by atoms with van der Waals surface area (Å²) < 4.78 is 4.92. The van der Waals surface area contributed by atoms with Gasteiger partial charge in [-0.3, -0.25) is 4.79 Å². The van der Waals surface area contributed by atoms with Gasteiger partial charge in [0, 0.05) is 25.4 Å². The van der Waals surface area contributed by atoms with Crippen molar-refractivity contribution in [2.75, 3.05) is 25.2 Å². The summed E-state index contributed by atoms with van der Waals surface area (Å²) in [6, 6.07) is 7.87. The van der Waals surface area contributed by atoms with Crippen LogP contribution in [-0.2, 0) is 9.53 Å². The van der Waals surface area contributed by atoms with Gasteiger partial charge in [0.1, 0.15) is 6.61 Å². The molecule has 0 aliphatic carbocycles. The van der Waals surface area contributed by atoms with Crippen molar-refractivity contribution in [2.24, 2.45) is 5.73 Å². The van der Waals surface area contributed by atoms with Crippen LogP contribution in [0.2, 0.25) is 0 Å². The molecule has 1 aliphatic rings. The van der Waals surface area contributed by atoms with Gasteiger partial charge in [-0.15, -0.1) is 0 Å². The average molecular weight is 234 g/mol. The van der Waals surface area contributed by atoms with Crippen molar-refractivity contribution in [1.82, 2.24) is 0 Å². The molecule has 0 saturated carbocycles. The number of ether oxygens (including phenoxy) is 1. The maximum absolute atomic E-state index is 12.0. The van der Waals surface area contributed by atoms with Crippen molar-refractivity contribution in [3.63, 3.8) is 0 Å². The van der Waals surface area contributed by atoms with Gasteiger partial charge in [0.2, 0.25) is 0 Å². The number of carbonyl (C=O) groups is 1. The molecule has 1 aromatic rings. The molecule has 0 spiro atoms. The molecule has 0 bridgehead atoms. The Hall–Kier alpha value is -1.39. The number of nitrogens with two attached hydrogens (primary N) is 1. The first kappa shape index (κ1) is 12.1. The molecule has 4 heteroatoms. The largest absolute Gasteiger partial charge is 0.375 e. The second-order valence-electron chi connectivity index (χ2n) is 4.29. The first-order chi connectivity index (χ1) is 8.24. The molecule has 0 fully saturated rings. The van der Waals surface area contributed by atoms with E-state index in [1.807, 2.05) is 24.3 Å². The Bertz CT molecular complexity index is 406. The third-order valence-corrected chi connectivity index (χ3v) is 3.09. The molecule has 92 valence electrons. The molecule has 0 aromatic heterocycles. The number of nitrogens with zero attached hydrogens (tertiary/aromatic N) is 1. The number of benzene rings is 1. The SMILES string of the molecule is COCC(=O)N1CCCC(N)c2ccccc21. The number of para-hydroxylation sites is 1. The van der Waals surface area contributed by atoms with Crippen LogP contribution >= 0.6 is 0 Å². The fourth-order valence-corrected chi connectivity index (χ4v) is 2.25. The van der Waals surface area contributed by atoms with Crippen molar-refractivity contribution >= 4 is 11.6 Å². The summed E-state index contributed by atoms with van der Waals surface area (Å²) in [4.78, 5) is 13.8. The number of fused-ring (bicyclic) bond motifs is 1. The zero-order chi connectivity index (χ0) is 12.3. The van der Waals surface area contributed by atoms with E-state index in [1.165, 1.54) is 7.11 Å². The average Bonchev–Trinajstić information content (AvgIpc) is 2.50. The lowest BCUT2D eigenvalue weighted by atomic mass is 10.0. The first-order valence-corrected chi connectivity index (χ1v) is 5.88. The topological polar surface area (TPSA) is 55.6 Å². The number of hydrogen-bond acceptors (Lipinski definition) is 3. The van der Waals surface area contributed by atoms with E-state index in [-0.39, 0.29) is 18.6 Å². The van der Waals surface area contributed by atoms with E-state index in [1.54, 1.807) is 4.90 Å². The van der Waals surface area contributed by atoms with Gasteiger partial charge in [-0.1, -0.05) is 18.2 Å². The summed E-state index contributed by atoms with van der Waals surface area (Å²) in [7, 11) is 1.54.